The van der Waals surface area contributed by atoms with Gasteiger partial charge in [-0.15, -0.1) is 0 Å². The number of ether oxygens (including phenoxy) is 3. The van der Waals surface area contributed by atoms with Crippen LogP contribution in [-0.4, -0.2) is 62.3 Å². The molecule has 2 aromatic carbocycles. The van der Waals surface area contributed by atoms with E-state index in [1.54, 1.807) is 18.3 Å². The van der Waals surface area contributed by atoms with Gasteiger partial charge in [-0.1, -0.05) is 55.0 Å². The first-order valence-corrected chi connectivity index (χ1v) is 19.4. The molecule has 1 saturated heterocycles. The third-order valence-electron chi connectivity index (χ3n) is 7.07. The average molecular weight is 660 g/mol. The number of nitrogens with one attached hydrogen (secondary N) is 1. The molecule has 1 atom stereocenters. The largest absolute Gasteiger partial charge is 0.490 e. The molecule has 1 N–H and O–H groups in total. The van der Waals surface area contributed by atoms with Crippen molar-refractivity contribution < 1.29 is 23.8 Å². The highest BCUT2D eigenvalue weighted by Crippen LogP contribution is 2.31. The number of hydrogen-bond acceptors (Lipinski definition) is 8. The molecule has 9 nitrogen and oxygen atoms in total. The van der Waals surface area contributed by atoms with Gasteiger partial charge < -0.3 is 24.4 Å². The van der Waals surface area contributed by atoms with Crippen LogP contribution in [0, 0.1) is 0 Å². The quantitative estimate of drug-likeness (QED) is 0.151. The molecule has 1 fully saturated rings. The van der Waals surface area contributed by atoms with E-state index in [1.807, 2.05) is 31.2 Å². The Kier molecular flexibility index (Phi) is 11.9. The predicted octanol–water partition coefficient (Wildman–Crippen LogP) is 7.30. The lowest BCUT2D eigenvalue weighted by Gasteiger charge is -2.33. The van der Waals surface area contributed by atoms with E-state index in [4.69, 9.17) is 37.4 Å². The highest BCUT2D eigenvalue weighted by Gasteiger charge is 2.24. The minimum Gasteiger partial charge on any atom is -0.490 e. The van der Waals surface area contributed by atoms with Crippen LogP contribution in [0.2, 0.25) is 35.7 Å². The van der Waals surface area contributed by atoms with Gasteiger partial charge >= 0.3 is 5.97 Å². The van der Waals surface area contributed by atoms with Crippen molar-refractivity contribution >= 4 is 54.8 Å². The Labute approximate surface area is 270 Å². The summed E-state index contributed by atoms with van der Waals surface area (Å²) < 4.78 is 17.4. The molecule has 0 bridgehead atoms. The molecule has 1 amide bonds. The van der Waals surface area contributed by atoms with Crippen molar-refractivity contribution in [3.05, 3.63) is 70.0 Å². The minimum absolute atomic E-state index is 0.0394. The number of hydrogen-bond donors (Lipinski definition) is 1. The Balaban J connectivity index is 1.31. The van der Waals surface area contributed by atoms with E-state index in [-0.39, 0.29) is 34.0 Å². The average Bonchev–Trinajstić information content (AvgIpc) is 2.96. The molecule has 0 unspecified atom stereocenters. The molecule has 4 rings (SSSR count). The van der Waals surface area contributed by atoms with Gasteiger partial charge in [0, 0.05) is 21.0 Å². The van der Waals surface area contributed by atoms with E-state index in [1.165, 1.54) is 6.20 Å². The highest BCUT2D eigenvalue weighted by atomic mass is 35.5. The van der Waals surface area contributed by atoms with Crippen LogP contribution >= 0.6 is 23.2 Å². The molecular formula is C32H40Cl2N4O5Si. The first-order chi connectivity index (χ1) is 21.0. The fourth-order valence-electron chi connectivity index (χ4n) is 4.76. The van der Waals surface area contributed by atoms with Crippen LogP contribution in [0.1, 0.15) is 42.1 Å². The zero-order chi connectivity index (χ0) is 31.7. The van der Waals surface area contributed by atoms with E-state index in [0.717, 1.165) is 42.5 Å². The van der Waals surface area contributed by atoms with E-state index >= 15 is 0 Å². The Morgan fingerprint density at radius 1 is 1.09 bits per heavy atom. The lowest BCUT2D eigenvalue weighted by molar-refractivity contribution is -0.116. The van der Waals surface area contributed by atoms with Gasteiger partial charge in [0.05, 0.1) is 47.8 Å². The Bertz CT molecular complexity index is 1430. The van der Waals surface area contributed by atoms with Crippen LogP contribution in [-0.2, 0) is 16.0 Å². The Morgan fingerprint density at radius 3 is 2.52 bits per heavy atom. The van der Waals surface area contributed by atoms with Gasteiger partial charge in [-0.3, -0.25) is 9.78 Å². The number of aryl methyl sites for hydroxylation is 1. The number of anilines is 2. The van der Waals surface area contributed by atoms with Gasteiger partial charge in [-0.05, 0) is 62.1 Å². The number of piperidine rings is 1. The molecule has 12 heteroatoms. The summed E-state index contributed by atoms with van der Waals surface area (Å²) >= 11 is 12.8. The van der Waals surface area contributed by atoms with E-state index in [9.17, 15) is 9.59 Å². The molecule has 236 valence electrons. The lowest BCUT2D eigenvalue weighted by atomic mass is 10.1. The van der Waals surface area contributed by atoms with Crippen LogP contribution in [0.25, 0.3) is 0 Å². The van der Waals surface area contributed by atoms with Gasteiger partial charge in [0.2, 0.25) is 5.91 Å². The summed E-state index contributed by atoms with van der Waals surface area (Å²) in [4.78, 5) is 36.4. The summed E-state index contributed by atoms with van der Waals surface area (Å²) in [6.45, 7) is 10.9. The first kappa shape index (κ1) is 33.5. The number of rotatable bonds is 13. The monoisotopic (exact) mass is 658 g/mol. The summed E-state index contributed by atoms with van der Waals surface area (Å²) in [6.07, 6.45) is 5.55. The third-order valence-corrected chi connectivity index (χ3v) is 9.37. The standard InChI is InChI=1S/C32H40Cl2N4O5Si/c1-5-41-26-10-6-7-11-27(26)43-23-9-8-14-38(21-23)29-20-35-19-28(36-29)37-30(39)13-12-22-17-24(33)31(25(34)18-22)32(40)42-15-16-44(2,3)4/h6-7,10-11,17-20,23H,5,8-9,12-16,21H2,1-4H3,(H,36,37,39)/t23-/m1/s1. The number of esters is 1. The first-order valence-electron chi connectivity index (χ1n) is 14.9. The van der Waals surface area contributed by atoms with Crippen molar-refractivity contribution in [3.8, 4) is 11.5 Å². The zero-order valence-corrected chi connectivity index (χ0v) is 28.2. The van der Waals surface area contributed by atoms with Crippen LogP contribution in [0.4, 0.5) is 11.6 Å². The van der Waals surface area contributed by atoms with Crippen molar-refractivity contribution in [1.29, 1.82) is 0 Å². The van der Waals surface area contributed by atoms with Crippen molar-refractivity contribution in [1.82, 2.24) is 9.97 Å². The fourth-order valence-corrected chi connectivity index (χ4v) is 6.16. The van der Waals surface area contributed by atoms with Crippen molar-refractivity contribution in [2.45, 2.75) is 64.4 Å². The molecule has 1 aliphatic rings. The van der Waals surface area contributed by atoms with E-state index in [2.05, 4.69) is 39.8 Å². The zero-order valence-electron chi connectivity index (χ0n) is 25.7. The summed E-state index contributed by atoms with van der Waals surface area (Å²) in [7, 11) is -1.34. The number of carbonyl (C=O) groups excluding carboxylic acids is 2. The second kappa shape index (κ2) is 15.6. The Morgan fingerprint density at radius 2 is 1.82 bits per heavy atom. The van der Waals surface area contributed by atoms with E-state index < -0.39 is 14.0 Å². The van der Waals surface area contributed by atoms with Crippen LogP contribution in [0.3, 0.4) is 0 Å². The van der Waals surface area contributed by atoms with Gasteiger partial charge in [0.15, 0.2) is 17.3 Å². The number of benzene rings is 2. The number of halogens is 2. The topological polar surface area (TPSA) is 103 Å². The van der Waals surface area contributed by atoms with Crippen LogP contribution in [0.15, 0.2) is 48.8 Å². The van der Waals surface area contributed by atoms with Gasteiger partial charge in [-0.25, -0.2) is 9.78 Å². The molecule has 2 heterocycles. The molecule has 0 aliphatic carbocycles. The molecule has 0 saturated carbocycles. The molecule has 3 aromatic rings. The highest BCUT2D eigenvalue weighted by molar-refractivity contribution is 6.76. The number of carbonyl (C=O) groups is 2. The SMILES string of the molecule is CCOc1ccccc1O[C@@H]1CCCN(c2cncc(NC(=O)CCc3cc(Cl)c(C(=O)OCC[Si](C)(C)C)c(Cl)c3)n2)C1. The van der Waals surface area contributed by atoms with E-state index in [0.29, 0.717) is 37.8 Å². The second-order valence-electron chi connectivity index (χ2n) is 11.9. The smallest absolute Gasteiger partial charge is 0.341 e. The fraction of sp³-hybridized carbons (Fsp3) is 0.438. The van der Waals surface area contributed by atoms with Gasteiger partial charge in [0.1, 0.15) is 11.9 Å². The number of aromatic nitrogens is 2. The molecule has 0 spiro atoms. The lowest BCUT2D eigenvalue weighted by Crippen LogP contribution is -2.41. The maximum absolute atomic E-state index is 12.8. The molecule has 44 heavy (non-hydrogen) atoms. The summed E-state index contributed by atoms with van der Waals surface area (Å²) in [5.74, 6) is 1.72. The van der Waals surface area contributed by atoms with Crippen LogP contribution < -0.4 is 19.7 Å². The number of amides is 1. The minimum atomic E-state index is -1.34. The molecule has 0 radical (unpaired) electrons. The van der Waals surface area contributed by atoms with Gasteiger partial charge in [-0.2, -0.15) is 0 Å². The summed E-state index contributed by atoms with van der Waals surface area (Å²) in [5.41, 5.74) is 0.881. The van der Waals surface area contributed by atoms with Gasteiger partial charge in [0.25, 0.3) is 0 Å². The summed E-state index contributed by atoms with van der Waals surface area (Å²) in [6, 6.07) is 11.8. The van der Waals surface area contributed by atoms with Crippen LogP contribution in [0.5, 0.6) is 11.5 Å². The van der Waals surface area contributed by atoms with Crippen molar-refractivity contribution in [2.75, 3.05) is 36.5 Å². The predicted molar refractivity (Wildman–Crippen MR) is 177 cm³/mol. The normalized spacial score (nSPS) is 15.0. The molecule has 1 aliphatic heterocycles. The van der Waals surface area contributed by atoms with Crippen molar-refractivity contribution in [2.24, 2.45) is 0 Å². The Hall–Kier alpha value is -3.34. The molecular weight excluding hydrogens is 619 g/mol. The molecule has 1 aromatic heterocycles. The van der Waals surface area contributed by atoms with Crippen molar-refractivity contribution in [3.63, 3.8) is 0 Å². The second-order valence-corrected chi connectivity index (χ2v) is 18.3. The maximum atomic E-state index is 12.8. The number of nitrogens with zero attached hydrogens (tertiary/aromatic N) is 3. The maximum Gasteiger partial charge on any atom is 0.341 e. The summed E-state index contributed by atoms with van der Waals surface area (Å²) in [5, 5.41) is 3.24. The number of para-hydroxylation sites is 2. The third kappa shape index (κ3) is 9.84.